The van der Waals surface area contributed by atoms with Gasteiger partial charge in [0, 0.05) is 10.5 Å². The van der Waals surface area contributed by atoms with Crippen LogP contribution in [0.25, 0.3) is 5.57 Å². The van der Waals surface area contributed by atoms with E-state index < -0.39 is 0 Å². The Labute approximate surface area is 103 Å². The van der Waals surface area contributed by atoms with E-state index in [-0.39, 0.29) is 0 Å². The zero-order chi connectivity index (χ0) is 11.0. The molecule has 1 heterocycles. The zero-order valence-corrected chi connectivity index (χ0v) is 10.2. The molecular formula is C13H10BrN2+. The Morgan fingerprint density at radius 1 is 1.38 bits per heavy atom. The molecule has 0 saturated heterocycles. The molecule has 1 aromatic rings. The summed E-state index contributed by atoms with van der Waals surface area (Å²) in [5, 5.41) is 2.98. The largest absolute Gasteiger partial charge is 0.253 e. The van der Waals surface area contributed by atoms with Crippen LogP contribution in [0.4, 0.5) is 0 Å². The number of aliphatic imine (C=N–C) groups is 1. The number of halogens is 1. The van der Waals surface area contributed by atoms with E-state index in [0.717, 1.165) is 23.0 Å². The number of aryl methyl sites for hydroxylation is 1. The summed E-state index contributed by atoms with van der Waals surface area (Å²) >= 11 is 3.50. The average molecular weight is 274 g/mol. The molecular weight excluding hydrogens is 264 g/mol. The zero-order valence-electron chi connectivity index (χ0n) is 8.63. The van der Waals surface area contributed by atoms with Crippen LogP contribution in [0.5, 0.6) is 0 Å². The van der Waals surface area contributed by atoms with E-state index in [1.165, 1.54) is 16.7 Å². The molecule has 2 nitrogen and oxygen atoms in total. The molecule has 78 valence electrons. The topological polar surface area (TPSA) is 24.4 Å². The lowest BCUT2D eigenvalue weighted by Crippen LogP contribution is -2.03. The predicted molar refractivity (Wildman–Crippen MR) is 69.1 cm³/mol. The molecule has 3 heteroatoms. The Kier molecular flexibility index (Phi) is 2.35. The van der Waals surface area contributed by atoms with Gasteiger partial charge in [-0.15, -0.1) is 0 Å². The fraction of sp³-hybridized carbons (Fsp3) is 0.154. The van der Waals surface area contributed by atoms with Gasteiger partial charge in [-0.05, 0) is 46.7 Å². The number of hydrogen-bond donors (Lipinski definition) is 1. The van der Waals surface area contributed by atoms with Crippen molar-refractivity contribution in [3.05, 3.63) is 51.8 Å². The summed E-state index contributed by atoms with van der Waals surface area (Å²) in [6.07, 6.45) is 8.89. The monoisotopic (exact) mass is 273 g/mol. The Morgan fingerprint density at radius 2 is 2.31 bits per heavy atom. The molecule has 0 spiro atoms. The molecule has 0 aromatic heterocycles. The average Bonchev–Trinajstić information content (AvgIpc) is 2.89. The maximum Gasteiger partial charge on any atom is 0.253 e. The maximum atomic E-state index is 3.90. The molecule has 1 aliphatic heterocycles. The van der Waals surface area contributed by atoms with Gasteiger partial charge in [0.1, 0.15) is 0 Å². The number of benzene rings is 1. The van der Waals surface area contributed by atoms with Crippen molar-refractivity contribution in [2.75, 3.05) is 0 Å². The molecule has 0 atom stereocenters. The third kappa shape index (κ3) is 1.69. The first-order valence-electron chi connectivity index (χ1n) is 5.23. The highest BCUT2D eigenvalue weighted by atomic mass is 79.9. The van der Waals surface area contributed by atoms with Crippen molar-refractivity contribution < 1.29 is 0 Å². The van der Waals surface area contributed by atoms with E-state index in [0.29, 0.717) is 0 Å². The van der Waals surface area contributed by atoms with Crippen LogP contribution in [-0.2, 0) is 6.42 Å². The summed E-state index contributed by atoms with van der Waals surface area (Å²) in [6, 6.07) is 6.48. The molecule has 0 bridgehead atoms. The van der Waals surface area contributed by atoms with Gasteiger partial charge in [0.05, 0.1) is 0 Å². The van der Waals surface area contributed by atoms with Crippen molar-refractivity contribution in [1.29, 1.82) is 0 Å². The quantitative estimate of drug-likeness (QED) is 0.782. The first-order chi connectivity index (χ1) is 7.83. The molecule has 0 unspecified atom stereocenters. The Hall–Kier alpha value is -1.44. The number of allylic oxidation sites excluding steroid dienone is 2. The molecule has 3 rings (SSSR count). The number of rotatable bonds is 1. The normalized spacial score (nSPS) is 19.3. The minimum Gasteiger partial charge on any atom is -0.178 e. The van der Waals surface area contributed by atoms with Crippen LogP contribution in [-0.4, -0.2) is 6.34 Å². The lowest BCUT2D eigenvalue weighted by atomic mass is 10.1. The lowest BCUT2D eigenvalue weighted by molar-refractivity contribution is 1.08. The molecule has 1 aromatic carbocycles. The van der Waals surface area contributed by atoms with Crippen LogP contribution in [0, 0.1) is 0 Å². The highest BCUT2D eigenvalue weighted by Gasteiger charge is 2.19. The number of fused-ring (bicyclic) bond motifs is 1. The lowest BCUT2D eigenvalue weighted by Gasteiger charge is -2.00. The molecule has 0 amide bonds. The van der Waals surface area contributed by atoms with Gasteiger partial charge in [0.2, 0.25) is 11.9 Å². The maximum absolute atomic E-state index is 3.90. The van der Waals surface area contributed by atoms with Crippen LogP contribution in [0.2, 0.25) is 0 Å². The summed E-state index contributed by atoms with van der Waals surface area (Å²) in [6.45, 7) is 0. The van der Waals surface area contributed by atoms with Crippen LogP contribution in [0.3, 0.4) is 0 Å². The molecule has 1 N–H and O–H groups in total. The fourth-order valence-electron chi connectivity index (χ4n) is 2.13. The fourth-order valence-corrected chi connectivity index (χ4v) is 2.54. The highest BCUT2D eigenvalue weighted by molar-refractivity contribution is 9.10. The van der Waals surface area contributed by atoms with E-state index in [9.17, 15) is 0 Å². The number of hydrogen-bond acceptors (Lipinski definition) is 2. The Bertz CT molecular complexity index is 527. The minimum absolute atomic E-state index is 1.02. The molecule has 16 heavy (non-hydrogen) atoms. The van der Waals surface area contributed by atoms with Crippen molar-refractivity contribution >= 4 is 27.8 Å². The standard InChI is InChI=1S/C13H10BrN2/c14-11-3-4-13-9(5-11)1-2-10(13)6-12-7-15-8-16-12/h3-7H,1-2H2,(H,15,16)/q+1. The summed E-state index contributed by atoms with van der Waals surface area (Å²) in [4.78, 5) is 3.90. The number of nitrogens with one attached hydrogen (secondary N) is 1. The second-order valence-electron chi connectivity index (χ2n) is 3.92. The van der Waals surface area contributed by atoms with Gasteiger partial charge in [-0.25, -0.2) is 0 Å². The van der Waals surface area contributed by atoms with Crippen molar-refractivity contribution in [2.24, 2.45) is 4.99 Å². The summed E-state index contributed by atoms with van der Waals surface area (Å²) in [5.74, 6) is 0. The van der Waals surface area contributed by atoms with Gasteiger partial charge < -0.3 is 0 Å². The van der Waals surface area contributed by atoms with E-state index in [1.807, 2.05) is 0 Å². The Balaban J connectivity index is 1.97. The van der Waals surface area contributed by atoms with Crippen LogP contribution < -0.4 is 5.32 Å². The van der Waals surface area contributed by atoms with Crippen molar-refractivity contribution in [1.82, 2.24) is 5.32 Å². The van der Waals surface area contributed by atoms with E-state index in [2.05, 4.69) is 56.9 Å². The molecule has 0 fully saturated rings. The SMILES string of the molecule is Brc1ccc2c(c1)CCC2=CC1=CN=[C+]N1. The van der Waals surface area contributed by atoms with E-state index >= 15 is 0 Å². The van der Waals surface area contributed by atoms with Crippen molar-refractivity contribution in [2.45, 2.75) is 12.8 Å². The van der Waals surface area contributed by atoms with Gasteiger partial charge in [-0.2, -0.15) is 5.32 Å². The summed E-state index contributed by atoms with van der Waals surface area (Å²) in [5.41, 5.74) is 5.17. The second-order valence-corrected chi connectivity index (χ2v) is 4.84. The summed E-state index contributed by atoms with van der Waals surface area (Å²) < 4.78 is 1.15. The van der Waals surface area contributed by atoms with E-state index in [1.54, 1.807) is 6.20 Å². The van der Waals surface area contributed by atoms with E-state index in [4.69, 9.17) is 0 Å². The molecule has 1 aliphatic carbocycles. The molecule has 0 radical (unpaired) electrons. The van der Waals surface area contributed by atoms with Crippen molar-refractivity contribution in [3.63, 3.8) is 0 Å². The van der Waals surface area contributed by atoms with Gasteiger partial charge in [0.15, 0.2) is 0 Å². The minimum atomic E-state index is 1.02. The van der Waals surface area contributed by atoms with Gasteiger partial charge >= 0.3 is 0 Å². The molecule has 2 aliphatic rings. The van der Waals surface area contributed by atoms with Gasteiger partial charge in [-0.3, -0.25) is 0 Å². The third-order valence-electron chi connectivity index (χ3n) is 2.88. The van der Waals surface area contributed by atoms with Gasteiger partial charge in [0.25, 0.3) is 6.34 Å². The summed E-state index contributed by atoms with van der Waals surface area (Å²) in [7, 11) is 0. The van der Waals surface area contributed by atoms with Crippen LogP contribution >= 0.6 is 15.9 Å². The van der Waals surface area contributed by atoms with Gasteiger partial charge in [-0.1, -0.05) is 22.0 Å². The molecule has 0 saturated carbocycles. The second kappa shape index (κ2) is 3.85. The number of nitrogens with zero attached hydrogens (tertiary/aromatic N) is 1. The predicted octanol–water partition coefficient (Wildman–Crippen LogP) is 3.13. The first kappa shape index (κ1) is 9.76. The van der Waals surface area contributed by atoms with Crippen molar-refractivity contribution in [3.8, 4) is 0 Å². The first-order valence-corrected chi connectivity index (χ1v) is 6.02. The van der Waals surface area contributed by atoms with Crippen LogP contribution in [0.1, 0.15) is 17.5 Å². The highest BCUT2D eigenvalue weighted by Crippen LogP contribution is 2.34. The third-order valence-corrected chi connectivity index (χ3v) is 3.37. The Morgan fingerprint density at radius 3 is 3.12 bits per heavy atom. The van der Waals surface area contributed by atoms with Crippen LogP contribution in [0.15, 0.2) is 45.6 Å². The smallest absolute Gasteiger partial charge is 0.178 e.